The van der Waals surface area contributed by atoms with Crippen LogP contribution in [-0.2, 0) is 0 Å². The highest BCUT2D eigenvalue weighted by atomic mass is 32.2. The van der Waals surface area contributed by atoms with Crippen LogP contribution in [-0.4, -0.2) is 59.8 Å². The van der Waals surface area contributed by atoms with Gasteiger partial charge in [0.15, 0.2) is 5.16 Å². The molecule has 0 bridgehead atoms. The van der Waals surface area contributed by atoms with Crippen LogP contribution in [0.15, 0.2) is 11.4 Å². The Bertz CT molecular complexity index is 498. The molecule has 1 amide bonds. The average Bonchev–Trinajstić information content (AvgIpc) is 2.99. The number of nitrogens with one attached hydrogen (secondary N) is 1. The van der Waals surface area contributed by atoms with Crippen molar-refractivity contribution in [3.8, 4) is 5.88 Å². The number of aromatic nitrogens is 2. The van der Waals surface area contributed by atoms with Gasteiger partial charge in [-0.25, -0.2) is 4.98 Å². The van der Waals surface area contributed by atoms with Crippen molar-refractivity contribution in [3.63, 3.8) is 0 Å². The SMILES string of the molecule is CCN1CCCC1CNC(=O)c1cnc(SC)nc1OC. The third-order valence-corrected chi connectivity index (χ3v) is 4.32. The second-order valence-corrected chi connectivity index (χ2v) is 5.69. The van der Waals surface area contributed by atoms with Gasteiger partial charge in [0.1, 0.15) is 5.56 Å². The molecule has 0 aromatic carbocycles. The summed E-state index contributed by atoms with van der Waals surface area (Å²) >= 11 is 1.42. The van der Waals surface area contributed by atoms with Crippen LogP contribution in [0.1, 0.15) is 30.1 Å². The standard InChI is InChI=1S/C14H22N4O2S/c1-4-18-7-5-6-10(18)8-15-12(19)11-9-16-14(21-3)17-13(11)20-2/h9-10H,4-8H2,1-3H3,(H,15,19). The van der Waals surface area contributed by atoms with Crippen molar-refractivity contribution in [2.75, 3.05) is 33.0 Å². The molecule has 1 aliphatic heterocycles. The zero-order valence-corrected chi connectivity index (χ0v) is 13.6. The molecule has 1 aromatic heterocycles. The Morgan fingerprint density at radius 2 is 2.43 bits per heavy atom. The Labute approximate surface area is 129 Å². The average molecular weight is 310 g/mol. The van der Waals surface area contributed by atoms with Crippen LogP contribution in [0.25, 0.3) is 0 Å². The molecule has 1 aliphatic rings. The number of carbonyl (C=O) groups is 1. The highest BCUT2D eigenvalue weighted by Crippen LogP contribution is 2.19. The number of methoxy groups -OCH3 is 1. The lowest BCUT2D eigenvalue weighted by molar-refractivity contribution is 0.0937. The summed E-state index contributed by atoms with van der Waals surface area (Å²) in [5.74, 6) is 0.146. The van der Waals surface area contributed by atoms with Gasteiger partial charge in [-0.1, -0.05) is 18.7 Å². The van der Waals surface area contributed by atoms with Gasteiger partial charge in [-0.05, 0) is 32.2 Å². The van der Waals surface area contributed by atoms with Gasteiger partial charge in [-0.3, -0.25) is 9.69 Å². The molecule has 1 aromatic rings. The number of hydrogen-bond donors (Lipinski definition) is 1. The number of hydrogen-bond acceptors (Lipinski definition) is 6. The smallest absolute Gasteiger partial charge is 0.258 e. The quantitative estimate of drug-likeness (QED) is 0.633. The van der Waals surface area contributed by atoms with Crippen molar-refractivity contribution in [2.24, 2.45) is 0 Å². The van der Waals surface area contributed by atoms with Gasteiger partial charge in [-0.2, -0.15) is 4.98 Å². The predicted molar refractivity (Wildman–Crippen MR) is 83.0 cm³/mol. The van der Waals surface area contributed by atoms with Crippen LogP contribution in [0.3, 0.4) is 0 Å². The Balaban J connectivity index is 2.00. The van der Waals surface area contributed by atoms with Crippen LogP contribution >= 0.6 is 11.8 Å². The molecule has 1 unspecified atom stereocenters. The summed E-state index contributed by atoms with van der Waals surface area (Å²) in [6, 6.07) is 0.427. The number of thioether (sulfide) groups is 1. The van der Waals surface area contributed by atoms with Gasteiger partial charge in [0.2, 0.25) is 5.88 Å². The fourth-order valence-electron chi connectivity index (χ4n) is 2.61. The van der Waals surface area contributed by atoms with Crippen LogP contribution < -0.4 is 10.1 Å². The normalized spacial score (nSPS) is 18.7. The molecule has 0 radical (unpaired) electrons. The summed E-state index contributed by atoms with van der Waals surface area (Å²) in [6.07, 6.45) is 5.74. The Morgan fingerprint density at radius 3 is 3.10 bits per heavy atom. The van der Waals surface area contributed by atoms with E-state index in [0.29, 0.717) is 29.2 Å². The summed E-state index contributed by atoms with van der Waals surface area (Å²) in [4.78, 5) is 23.0. The maximum Gasteiger partial charge on any atom is 0.258 e. The van der Waals surface area contributed by atoms with Gasteiger partial charge in [0.25, 0.3) is 5.91 Å². The molecule has 6 nitrogen and oxygen atoms in total. The first-order chi connectivity index (χ1) is 10.2. The Kier molecular flexibility index (Phi) is 5.81. The maximum absolute atomic E-state index is 12.3. The minimum Gasteiger partial charge on any atom is -0.480 e. The Morgan fingerprint density at radius 1 is 1.62 bits per heavy atom. The minimum atomic E-state index is -0.178. The van der Waals surface area contributed by atoms with Gasteiger partial charge < -0.3 is 10.1 Å². The first-order valence-corrected chi connectivity index (χ1v) is 8.39. The topological polar surface area (TPSA) is 67.4 Å². The lowest BCUT2D eigenvalue weighted by Gasteiger charge is -2.22. The molecular weight excluding hydrogens is 288 g/mol. The minimum absolute atomic E-state index is 0.178. The van der Waals surface area contributed by atoms with Crippen molar-refractivity contribution < 1.29 is 9.53 Å². The molecule has 7 heteroatoms. The van der Waals surface area contributed by atoms with Gasteiger partial charge in [-0.15, -0.1) is 0 Å². The van der Waals surface area contributed by atoms with Gasteiger partial charge >= 0.3 is 0 Å². The Hall–Kier alpha value is -1.34. The molecule has 2 rings (SSSR count). The summed E-state index contributed by atoms with van der Waals surface area (Å²) in [7, 11) is 1.51. The van der Waals surface area contributed by atoms with E-state index in [0.717, 1.165) is 19.5 Å². The zero-order valence-electron chi connectivity index (χ0n) is 12.8. The van der Waals surface area contributed by atoms with Crippen molar-refractivity contribution in [2.45, 2.75) is 31.0 Å². The third kappa shape index (κ3) is 3.85. The van der Waals surface area contributed by atoms with Crippen LogP contribution in [0, 0.1) is 0 Å². The molecule has 0 saturated carbocycles. The number of likely N-dealkylation sites (N-methyl/N-ethyl adjacent to an activating group) is 1. The van der Waals surface area contributed by atoms with E-state index in [4.69, 9.17) is 4.74 Å². The van der Waals surface area contributed by atoms with E-state index in [9.17, 15) is 4.79 Å². The monoisotopic (exact) mass is 310 g/mol. The first-order valence-electron chi connectivity index (χ1n) is 7.16. The van der Waals surface area contributed by atoms with Crippen LogP contribution in [0.4, 0.5) is 0 Å². The van der Waals surface area contributed by atoms with E-state index >= 15 is 0 Å². The first kappa shape index (κ1) is 16.0. The summed E-state index contributed by atoms with van der Waals surface area (Å²) in [5.41, 5.74) is 0.386. The number of nitrogens with zero attached hydrogens (tertiary/aromatic N) is 3. The molecule has 21 heavy (non-hydrogen) atoms. The fourth-order valence-corrected chi connectivity index (χ4v) is 2.94. The van der Waals surface area contributed by atoms with E-state index in [1.165, 1.54) is 31.5 Å². The van der Waals surface area contributed by atoms with Gasteiger partial charge in [0, 0.05) is 18.8 Å². The lowest BCUT2D eigenvalue weighted by Crippen LogP contribution is -2.40. The molecule has 1 saturated heterocycles. The maximum atomic E-state index is 12.3. The second kappa shape index (κ2) is 7.61. The van der Waals surface area contributed by atoms with Crippen molar-refractivity contribution in [1.29, 1.82) is 0 Å². The van der Waals surface area contributed by atoms with E-state index < -0.39 is 0 Å². The molecule has 0 spiro atoms. The molecule has 1 fully saturated rings. The molecule has 116 valence electrons. The number of ether oxygens (including phenoxy) is 1. The number of amides is 1. The molecule has 2 heterocycles. The van der Waals surface area contributed by atoms with E-state index in [2.05, 4.69) is 27.1 Å². The van der Waals surface area contributed by atoms with E-state index in [-0.39, 0.29) is 5.91 Å². The van der Waals surface area contributed by atoms with Crippen molar-refractivity contribution in [3.05, 3.63) is 11.8 Å². The van der Waals surface area contributed by atoms with E-state index in [1.807, 2.05) is 6.26 Å². The van der Waals surface area contributed by atoms with Crippen molar-refractivity contribution >= 4 is 17.7 Å². The number of rotatable bonds is 6. The second-order valence-electron chi connectivity index (χ2n) is 4.91. The molecular formula is C14H22N4O2S. The molecule has 0 aliphatic carbocycles. The van der Waals surface area contributed by atoms with Crippen molar-refractivity contribution in [1.82, 2.24) is 20.2 Å². The highest BCUT2D eigenvalue weighted by molar-refractivity contribution is 7.98. The zero-order chi connectivity index (χ0) is 15.2. The van der Waals surface area contributed by atoms with E-state index in [1.54, 1.807) is 0 Å². The van der Waals surface area contributed by atoms with Crippen LogP contribution in [0.2, 0.25) is 0 Å². The molecule has 1 N–H and O–H groups in total. The highest BCUT2D eigenvalue weighted by Gasteiger charge is 2.24. The number of carbonyl (C=O) groups excluding carboxylic acids is 1. The number of likely N-dealkylation sites (tertiary alicyclic amines) is 1. The summed E-state index contributed by atoms with van der Waals surface area (Å²) in [5, 5.41) is 3.56. The summed E-state index contributed by atoms with van der Waals surface area (Å²) in [6.45, 7) is 4.94. The molecule has 1 atom stereocenters. The predicted octanol–water partition coefficient (Wildman–Crippen LogP) is 1.42. The van der Waals surface area contributed by atoms with Gasteiger partial charge in [0.05, 0.1) is 7.11 Å². The fraction of sp³-hybridized carbons (Fsp3) is 0.643. The lowest BCUT2D eigenvalue weighted by atomic mass is 10.2. The third-order valence-electron chi connectivity index (χ3n) is 3.76. The summed E-state index contributed by atoms with van der Waals surface area (Å²) < 4.78 is 5.19. The van der Waals surface area contributed by atoms with Crippen LogP contribution in [0.5, 0.6) is 5.88 Å². The largest absolute Gasteiger partial charge is 0.480 e.